The highest BCUT2D eigenvalue weighted by atomic mass is 16.6. The summed E-state index contributed by atoms with van der Waals surface area (Å²) >= 11 is 0. The van der Waals surface area contributed by atoms with E-state index in [4.69, 9.17) is 23.7 Å². The number of aliphatic hydroxyl groups excluding tert-OH is 1. The third kappa shape index (κ3) is 7.23. The molecule has 4 aromatic rings. The highest BCUT2D eigenvalue weighted by Gasteiger charge is 2.42. The lowest BCUT2D eigenvalue weighted by Gasteiger charge is -2.37. The number of unbranched alkanes of at least 4 members (excludes halogenated alkanes) is 1. The third-order valence-corrected chi connectivity index (χ3v) is 7.94. The maximum atomic E-state index is 12.9. The first-order chi connectivity index (χ1) is 22.4. The second kappa shape index (κ2) is 15.0. The zero-order chi connectivity index (χ0) is 32.5. The molecule has 3 atom stereocenters. The van der Waals surface area contributed by atoms with Crippen LogP contribution in [-0.2, 0) is 19.8 Å². The lowest BCUT2D eigenvalue weighted by molar-refractivity contribution is -0.0944. The number of rotatable bonds is 13. The molecule has 1 saturated heterocycles. The van der Waals surface area contributed by atoms with Crippen molar-refractivity contribution < 1.29 is 33.6 Å². The van der Waals surface area contributed by atoms with Crippen molar-refractivity contribution in [3.63, 3.8) is 0 Å². The molecule has 0 radical (unpaired) electrons. The number of aromatic nitrogens is 2. The normalized spacial score (nSPS) is 17.8. The molecule has 1 aromatic heterocycles. The van der Waals surface area contributed by atoms with E-state index in [1.807, 2.05) is 85.8 Å². The van der Waals surface area contributed by atoms with Crippen LogP contribution in [0, 0.1) is 0 Å². The fourth-order valence-electron chi connectivity index (χ4n) is 5.47. The van der Waals surface area contributed by atoms with Crippen LogP contribution in [0.5, 0.6) is 11.5 Å². The SMILES string of the molecule is CCCCOC(=O)Nc1ccn([C@H]2C[C@H](O)[C@@H](COC(c3ccccc3)(c3ccc(OC)cc3)c3ccc(OC)cc3)O2)c(=O)n1. The fraction of sp³-hybridized carbons (Fsp3) is 0.343. The van der Waals surface area contributed by atoms with Gasteiger partial charge in [0.1, 0.15) is 35.2 Å². The van der Waals surface area contributed by atoms with Crippen LogP contribution in [0.15, 0.2) is 95.9 Å². The Hall–Kier alpha value is -4.71. The van der Waals surface area contributed by atoms with Crippen molar-refractivity contribution in [2.75, 3.05) is 32.8 Å². The molecular formula is C35H39N3O8. The molecule has 1 amide bonds. The van der Waals surface area contributed by atoms with Gasteiger partial charge in [0.05, 0.1) is 33.5 Å². The van der Waals surface area contributed by atoms with Crippen molar-refractivity contribution in [1.82, 2.24) is 9.55 Å². The summed E-state index contributed by atoms with van der Waals surface area (Å²) in [5, 5.41) is 13.5. The lowest BCUT2D eigenvalue weighted by Crippen LogP contribution is -2.38. The molecule has 46 heavy (non-hydrogen) atoms. The third-order valence-electron chi connectivity index (χ3n) is 7.94. The van der Waals surface area contributed by atoms with E-state index < -0.39 is 35.8 Å². The van der Waals surface area contributed by atoms with E-state index in [1.165, 1.54) is 16.8 Å². The summed E-state index contributed by atoms with van der Waals surface area (Å²) in [5.74, 6) is 1.46. The van der Waals surface area contributed by atoms with E-state index >= 15 is 0 Å². The van der Waals surface area contributed by atoms with Crippen LogP contribution in [-0.4, -0.2) is 60.4 Å². The first kappa shape index (κ1) is 32.7. The fourth-order valence-corrected chi connectivity index (χ4v) is 5.47. The van der Waals surface area contributed by atoms with Crippen LogP contribution in [0.3, 0.4) is 0 Å². The Morgan fingerprint density at radius 1 is 0.957 bits per heavy atom. The zero-order valence-electron chi connectivity index (χ0n) is 26.1. The van der Waals surface area contributed by atoms with Gasteiger partial charge in [-0.15, -0.1) is 0 Å². The van der Waals surface area contributed by atoms with E-state index in [9.17, 15) is 14.7 Å². The van der Waals surface area contributed by atoms with Crippen LogP contribution in [0.1, 0.15) is 49.1 Å². The standard InChI is InChI=1S/C35H39N3O8/c1-4-5-21-44-34(41)37-31-19-20-38(33(40)36-31)32-22-29(39)30(46-32)23-45-35(24-9-7-6-8-10-24,25-11-15-27(42-2)16-12-25)26-13-17-28(43-3)18-14-26/h6-20,29-30,32,39H,4-5,21-23H2,1-3H3,(H,36,37,40,41)/t29-,30+,32+/m0/s1. The van der Waals surface area contributed by atoms with Crippen LogP contribution in [0.4, 0.5) is 10.6 Å². The minimum atomic E-state index is -1.10. The lowest BCUT2D eigenvalue weighted by atomic mass is 9.80. The van der Waals surface area contributed by atoms with Crippen molar-refractivity contribution in [2.24, 2.45) is 0 Å². The number of benzene rings is 3. The molecule has 1 aliphatic heterocycles. The molecule has 1 fully saturated rings. The maximum Gasteiger partial charge on any atom is 0.412 e. The van der Waals surface area contributed by atoms with Gasteiger partial charge in [-0.1, -0.05) is 67.9 Å². The summed E-state index contributed by atoms with van der Waals surface area (Å²) in [6.45, 7) is 2.26. The first-order valence-electron chi connectivity index (χ1n) is 15.2. The summed E-state index contributed by atoms with van der Waals surface area (Å²) in [7, 11) is 3.23. The maximum absolute atomic E-state index is 12.9. The molecule has 2 heterocycles. The van der Waals surface area contributed by atoms with Crippen molar-refractivity contribution >= 4 is 11.9 Å². The number of aliphatic hydroxyl groups is 1. The Morgan fingerprint density at radius 2 is 1.57 bits per heavy atom. The van der Waals surface area contributed by atoms with Gasteiger partial charge in [-0.05, 0) is 53.4 Å². The van der Waals surface area contributed by atoms with Gasteiger partial charge >= 0.3 is 11.8 Å². The highest BCUT2D eigenvalue weighted by Crippen LogP contribution is 2.42. The van der Waals surface area contributed by atoms with Crippen molar-refractivity contribution in [1.29, 1.82) is 0 Å². The van der Waals surface area contributed by atoms with Crippen LogP contribution in [0.25, 0.3) is 0 Å². The Balaban J connectivity index is 1.40. The van der Waals surface area contributed by atoms with Gasteiger partial charge in [0, 0.05) is 12.6 Å². The molecule has 0 aliphatic carbocycles. The second-order valence-electron chi connectivity index (χ2n) is 10.9. The van der Waals surface area contributed by atoms with Gasteiger partial charge < -0.3 is 28.8 Å². The Kier molecular flexibility index (Phi) is 10.7. The molecule has 3 aromatic carbocycles. The molecule has 0 unspecified atom stereocenters. The number of hydrogen-bond donors (Lipinski definition) is 2. The number of anilines is 1. The van der Waals surface area contributed by atoms with E-state index in [2.05, 4.69) is 10.3 Å². The summed E-state index contributed by atoms with van der Waals surface area (Å²) < 4.78 is 30.3. The topological polar surface area (TPSA) is 130 Å². The molecule has 0 saturated carbocycles. The van der Waals surface area contributed by atoms with Crippen LogP contribution >= 0.6 is 0 Å². The van der Waals surface area contributed by atoms with Gasteiger partial charge in [-0.25, -0.2) is 9.59 Å². The second-order valence-corrected chi connectivity index (χ2v) is 10.9. The average Bonchev–Trinajstić information content (AvgIpc) is 3.45. The molecule has 5 rings (SSSR count). The smallest absolute Gasteiger partial charge is 0.412 e. The molecule has 11 nitrogen and oxygen atoms in total. The first-order valence-corrected chi connectivity index (χ1v) is 15.2. The number of carbonyl (C=O) groups is 1. The predicted molar refractivity (Wildman–Crippen MR) is 171 cm³/mol. The Morgan fingerprint density at radius 3 is 2.13 bits per heavy atom. The van der Waals surface area contributed by atoms with E-state index in [0.717, 1.165) is 29.5 Å². The Bertz CT molecular complexity index is 1580. The quantitative estimate of drug-likeness (QED) is 0.150. The minimum absolute atomic E-state index is 0.00393. The monoisotopic (exact) mass is 629 g/mol. The molecule has 2 N–H and O–H groups in total. The van der Waals surface area contributed by atoms with E-state index in [0.29, 0.717) is 11.5 Å². The highest BCUT2D eigenvalue weighted by molar-refractivity contribution is 5.83. The van der Waals surface area contributed by atoms with Crippen molar-refractivity contribution in [3.8, 4) is 11.5 Å². The summed E-state index contributed by atoms with van der Waals surface area (Å²) in [5.41, 5.74) is 0.806. The minimum Gasteiger partial charge on any atom is -0.497 e. The van der Waals surface area contributed by atoms with Crippen molar-refractivity contribution in [2.45, 2.75) is 50.2 Å². The molecule has 11 heteroatoms. The number of amides is 1. The Labute approximate surface area is 267 Å². The summed E-state index contributed by atoms with van der Waals surface area (Å²) in [6, 6.07) is 26.6. The predicted octanol–water partition coefficient (Wildman–Crippen LogP) is 5.27. The van der Waals surface area contributed by atoms with E-state index in [-0.39, 0.29) is 25.5 Å². The van der Waals surface area contributed by atoms with Gasteiger partial charge in [-0.2, -0.15) is 4.98 Å². The summed E-state index contributed by atoms with van der Waals surface area (Å²) in [4.78, 5) is 28.8. The molecule has 1 aliphatic rings. The number of ether oxygens (including phenoxy) is 5. The number of hydrogen-bond acceptors (Lipinski definition) is 9. The van der Waals surface area contributed by atoms with Gasteiger partial charge in [0.2, 0.25) is 0 Å². The van der Waals surface area contributed by atoms with Gasteiger partial charge in [0.25, 0.3) is 0 Å². The van der Waals surface area contributed by atoms with Crippen molar-refractivity contribution in [3.05, 3.63) is 118 Å². The van der Waals surface area contributed by atoms with Gasteiger partial charge in [-0.3, -0.25) is 9.88 Å². The molecule has 0 spiro atoms. The van der Waals surface area contributed by atoms with Crippen LogP contribution < -0.4 is 20.5 Å². The molecule has 0 bridgehead atoms. The summed E-state index contributed by atoms with van der Waals surface area (Å²) in [6.07, 6.45) is 0.0797. The molecular weight excluding hydrogens is 590 g/mol. The number of methoxy groups -OCH3 is 2. The molecule has 242 valence electrons. The number of nitrogens with zero attached hydrogens (tertiary/aromatic N) is 2. The average molecular weight is 630 g/mol. The van der Waals surface area contributed by atoms with E-state index in [1.54, 1.807) is 14.2 Å². The number of nitrogens with one attached hydrogen (secondary N) is 1. The van der Waals surface area contributed by atoms with Gasteiger partial charge in [0.15, 0.2) is 0 Å². The zero-order valence-corrected chi connectivity index (χ0v) is 26.1. The largest absolute Gasteiger partial charge is 0.497 e. The number of carbonyl (C=O) groups excluding carboxylic acids is 1. The van der Waals surface area contributed by atoms with Crippen LogP contribution in [0.2, 0.25) is 0 Å².